The Labute approximate surface area is 352 Å². The van der Waals surface area contributed by atoms with Gasteiger partial charge >= 0.3 is 17.9 Å². The van der Waals surface area contributed by atoms with E-state index in [0.717, 1.165) is 46.5 Å². The maximum atomic E-state index is 15.2. The molecule has 2 aromatic carbocycles. The molecule has 13 nitrogen and oxygen atoms in total. The van der Waals surface area contributed by atoms with E-state index in [-0.39, 0.29) is 12.0 Å². The van der Waals surface area contributed by atoms with E-state index in [1.165, 1.54) is 21.1 Å². The first kappa shape index (κ1) is 40.9. The van der Waals surface area contributed by atoms with Crippen LogP contribution in [0.15, 0.2) is 48.6 Å². The standard InChI is InChI=1S/C47H60N4O9/c1-8-43(55)23-29-24-46(41(53)58-6,37-32(15-19-50(26-29)27-43)31-13-10-11-14-34(31)48-37)33-21-30-25-45-17-20-51-18-12-16-44(9-2,38(45)51)40(60-28(3)52)47(56,42(54)59-7)39(45)49(4)35(30)22-36(33)57-5/h10-14,16,21-22,29,38-40,48,55-56H,8-9,15,17-20,23-27H2,1-7H3/t29-,38-,39+,40+,43-,44+,45+,46-,47?/m0/s1. The molecule has 9 rings (SSSR count). The fourth-order valence-electron chi connectivity index (χ4n) is 13.8. The van der Waals surface area contributed by atoms with Crippen molar-refractivity contribution in [1.29, 1.82) is 0 Å². The Hall–Kier alpha value is -4.43. The highest BCUT2D eigenvalue weighted by molar-refractivity contribution is 5.94. The van der Waals surface area contributed by atoms with Crippen LogP contribution in [-0.4, -0.2) is 133 Å². The first-order chi connectivity index (χ1) is 28.7. The number of para-hydroxylation sites is 1. The third kappa shape index (κ3) is 5.47. The predicted molar refractivity (Wildman–Crippen MR) is 225 cm³/mol. The topological polar surface area (TPSA) is 154 Å². The summed E-state index contributed by atoms with van der Waals surface area (Å²) in [5, 5.41) is 26.2. The Kier molecular flexibility index (Phi) is 9.77. The lowest BCUT2D eigenvalue weighted by atomic mass is 9.46. The predicted octanol–water partition coefficient (Wildman–Crippen LogP) is 4.28. The zero-order chi connectivity index (χ0) is 42.6. The van der Waals surface area contributed by atoms with Crippen LogP contribution in [0.5, 0.6) is 5.75 Å². The average Bonchev–Trinajstić information content (AvgIpc) is 3.82. The molecule has 0 radical (unpaired) electrons. The molecule has 1 aliphatic carbocycles. The Morgan fingerprint density at radius 1 is 0.967 bits per heavy atom. The molecular weight excluding hydrogens is 765 g/mol. The summed E-state index contributed by atoms with van der Waals surface area (Å²) in [7, 11) is 6.19. The van der Waals surface area contributed by atoms with Crippen molar-refractivity contribution in [2.75, 3.05) is 66.0 Å². The summed E-state index contributed by atoms with van der Waals surface area (Å²) in [6, 6.07) is 11.2. The molecule has 13 heteroatoms. The zero-order valence-electron chi connectivity index (χ0n) is 36.0. The number of hydrogen-bond donors (Lipinski definition) is 3. The van der Waals surface area contributed by atoms with Crippen LogP contribution in [0.3, 0.4) is 0 Å². The summed E-state index contributed by atoms with van der Waals surface area (Å²) < 4.78 is 23.9. The number of carbonyl (C=O) groups is 3. The lowest BCUT2D eigenvalue weighted by Gasteiger charge is -2.67. The maximum Gasteiger partial charge on any atom is 0.344 e. The number of methoxy groups -OCH3 is 3. The molecule has 5 aliphatic heterocycles. The second kappa shape index (κ2) is 14.3. The lowest BCUT2D eigenvalue weighted by molar-refractivity contribution is -0.240. The van der Waals surface area contributed by atoms with Crippen molar-refractivity contribution in [2.45, 2.75) is 101 Å². The molecule has 322 valence electrons. The number of aliphatic hydroxyl groups is 2. The minimum Gasteiger partial charge on any atom is -0.496 e. The monoisotopic (exact) mass is 824 g/mol. The number of carbonyl (C=O) groups excluding carboxylic acids is 3. The number of aromatic amines is 1. The third-order valence-electron chi connectivity index (χ3n) is 15.9. The van der Waals surface area contributed by atoms with Gasteiger partial charge in [-0.25, -0.2) is 4.79 Å². The largest absolute Gasteiger partial charge is 0.496 e. The van der Waals surface area contributed by atoms with E-state index in [1.54, 1.807) is 7.11 Å². The summed E-state index contributed by atoms with van der Waals surface area (Å²) in [5.74, 6) is -1.47. The number of benzene rings is 2. The van der Waals surface area contributed by atoms with Crippen molar-refractivity contribution in [3.05, 3.63) is 70.9 Å². The number of rotatable bonds is 7. The molecule has 3 N–H and O–H groups in total. The van der Waals surface area contributed by atoms with Gasteiger partial charge < -0.3 is 39.0 Å². The van der Waals surface area contributed by atoms with E-state index in [1.807, 2.05) is 50.1 Å². The number of anilines is 1. The third-order valence-corrected chi connectivity index (χ3v) is 15.9. The Bertz CT molecular complexity index is 2270. The van der Waals surface area contributed by atoms with Gasteiger partial charge in [0.15, 0.2) is 6.10 Å². The van der Waals surface area contributed by atoms with E-state index in [9.17, 15) is 19.8 Å². The van der Waals surface area contributed by atoms with Crippen molar-refractivity contribution in [3.8, 4) is 5.75 Å². The van der Waals surface area contributed by atoms with Crippen molar-refractivity contribution in [1.82, 2.24) is 14.8 Å². The Balaban J connectivity index is 1.31. The molecule has 6 aliphatic rings. The number of nitrogens with one attached hydrogen (secondary N) is 1. The number of likely N-dealkylation sites (N-methyl/N-ethyl adjacent to an activating group) is 1. The number of fused-ring (bicyclic) bond motifs is 6. The van der Waals surface area contributed by atoms with Crippen LogP contribution in [0, 0.1) is 16.7 Å². The number of piperidine rings is 1. The van der Waals surface area contributed by atoms with Crippen LogP contribution >= 0.6 is 0 Å². The molecule has 1 spiro atoms. The van der Waals surface area contributed by atoms with Gasteiger partial charge in [-0.1, -0.05) is 44.2 Å². The van der Waals surface area contributed by atoms with Crippen molar-refractivity contribution >= 4 is 34.5 Å². The first-order valence-electron chi connectivity index (χ1n) is 21.7. The quantitative estimate of drug-likeness (QED) is 0.177. The molecule has 2 saturated heterocycles. The van der Waals surface area contributed by atoms with Crippen LogP contribution in [0.4, 0.5) is 5.69 Å². The Morgan fingerprint density at radius 3 is 2.43 bits per heavy atom. The molecule has 3 aromatic rings. The van der Waals surface area contributed by atoms with Gasteiger partial charge in [0.1, 0.15) is 11.2 Å². The SMILES string of the molecule is CC[C@]1(O)C[C@@H]2CN(CCc3c([nH]c4ccccc34)[C@@](C(=O)OC)(c3cc4c(cc3OC)N(C)[C@H]3C(O)(C(=O)OC)[C@H](OC(C)=O)[C@]5(CC)C=CCN6CC[C@@]3(C4)[C@@H]65)C2)C1. The van der Waals surface area contributed by atoms with E-state index in [4.69, 9.17) is 18.9 Å². The zero-order valence-corrected chi connectivity index (χ0v) is 36.0. The van der Waals surface area contributed by atoms with Gasteiger partial charge in [0, 0.05) is 90.9 Å². The first-order valence-corrected chi connectivity index (χ1v) is 21.7. The molecule has 0 amide bonds. The van der Waals surface area contributed by atoms with Crippen LogP contribution < -0.4 is 9.64 Å². The molecule has 1 saturated carbocycles. The molecule has 60 heavy (non-hydrogen) atoms. The minimum absolute atomic E-state index is 0.0687. The van der Waals surface area contributed by atoms with Gasteiger partial charge in [0.05, 0.1) is 33.0 Å². The number of aromatic nitrogens is 1. The molecule has 2 unspecified atom stereocenters. The van der Waals surface area contributed by atoms with Gasteiger partial charge in [-0.05, 0) is 80.7 Å². The minimum atomic E-state index is -2.25. The van der Waals surface area contributed by atoms with Crippen molar-refractivity contribution < 1.29 is 43.5 Å². The number of ether oxygens (including phenoxy) is 4. The Morgan fingerprint density at radius 2 is 1.73 bits per heavy atom. The number of esters is 3. The molecule has 3 fully saturated rings. The molecule has 1 aromatic heterocycles. The number of hydrogen-bond acceptors (Lipinski definition) is 12. The summed E-state index contributed by atoms with van der Waals surface area (Å²) in [5.41, 5.74) is -1.08. The smallest absolute Gasteiger partial charge is 0.344 e. The molecule has 10 atom stereocenters. The van der Waals surface area contributed by atoms with E-state index < -0.39 is 57.5 Å². The number of H-pyrrole nitrogens is 1. The van der Waals surface area contributed by atoms with Crippen LogP contribution in [0.25, 0.3) is 10.9 Å². The fourth-order valence-corrected chi connectivity index (χ4v) is 13.8. The highest BCUT2D eigenvalue weighted by atomic mass is 16.6. The fraction of sp³-hybridized carbons (Fsp3) is 0.596. The summed E-state index contributed by atoms with van der Waals surface area (Å²) in [6.45, 7) is 8.80. The van der Waals surface area contributed by atoms with Gasteiger partial charge in [0.25, 0.3) is 0 Å². The van der Waals surface area contributed by atoms with Crippen molar-refractivity contribution in [3.63, 3.8) is 0 Å². The van der Waals surface area contributed by atoms with E-state index >= 15 is 4.79 Å². The van der Waals surface area contributed by atoms with Crippen molar-refractivity contribution in [2.24, 2.45) is 16.7 Å². The maximum absolute atomic E-state index is 15.2. The normalized spacial score (nSPS) is 36.8. The van der Waals surface area contributed by atoms with Crippen LogP contribution in [-0.2, 0) is 46.9 Å². The highest BCUT2D eigenvalue weighted by Crippen LogP contribution is 2.66. The summed E-state index contributed by atoms with van der Waals surface area (Å²) >= 11 is 0. The average molecular weight is 825 g/mol. The second-order valence-electron chi connectivity index (χ2n) is 18.7. The number of nitrogens with zero attached hydrogens (tertiary/aromatic N) is 3. The molecule has 6 heterocycles. The lowest BCUT2D eigenvalue weighted by Crippen LogP contribution is -2.82. The van der Waals surface area contributed by atoms with Crippen LogP contribution in [0.2, 0.25) is 0 Å². The molecular formula is C47H60N4O9. The summed E-state index contributed by atoms with van der Waals surface area (Å²) in [6.07, 6.45) is 6.68. The molecule has 2 bridgehead atoms. The van der Waals surface area contributed by atoms with Crippen LogP contribution in [0.1, 0.15) is 75.3 Å². The van der Waals surface area contributed by atoms with Gasteiger partial charge in [-0.15, -0.1) is 0 Å². The highest BCUT2D eigenvalue weighted by Gasteiger charge is 2.78. The summed E-state index contributed by atoms with van der Waals surface area (Å²) in [4.78, 5) is 53.0. The van der Waals surface area contributed by atoms with Gasteiger partial charge in [0.2, 0.25) is 5.60 Å². The second-order valence-corrected chi connectivity index (χ2v) is 18.7. The van der Waals surface area contributed by atoms with E-state index in [2.05, 4.69) is 39.1 Å². The van der Waals surface area contributed by atoms with Gasteiger partial charge in [-0.2, -0.15) is 0 Å². The van der Waals surface area contributed by atoms with E-state index in [0.29, 0.717) is 75.9 Å². The van der Waals surface area contributed by atoms with Gasteiger partial charge in [-0.3, -0.25) is 19.4 Å².